The summed E-state index contributed by atoms with van der Waals surface area (Å²) in [5.41, 5.74) is -1.42. The van der Waals surface area contributed by atoms with Crippen molar-refractivity contribution in [2.24, 2.45) is 0 Å². The molecule has 1 N–H and O–H groups in total. The molecule has 0 bridgehead atoms. The van der Waals surface area contributed by atoms with Crippen molar-refractivity contribution in [1.82, 2.24) is 10.2 Å². The van der Waals surface area contributed by atoms with Gasteiger partial charge in [0.15, 0.2) is 23.3 Å². The lowest BCUT2D eigenvalue weighted by Gasteiger charge is -2.24. The highest BCUT2D eigenvalue weighted by Gasteiger charge is 2.33. The number of amides is 1. The van der Waals surface area contributed by atoms with Crippen molar-refractivity contribution in [3.05, 3.63) is 34.6 Å². The van der Waals surface area contributed by atoms with Crippen LogP contribution in [-0.4, -0.2) is 37.0 Å². The Kier molecular flexibility index (Phi) is 3.94. The van der Waals surface area contributed by atoms with Crippen LogP contribution in [0.3, 0.4) is 0 Å². The maximum Gasteiger partial charge on any atom is 0.260 e. The second-order valence-electron chi connectivity index (χ2n) is 4.51. The van der Waals surface area contributed by atoms with E-state index in [0.717, 1.165) is 4.90 Å². The van der Waals surface area contributed by atoms with Gasteiger partial charge in [0.1, 0.15) is 5.56 Å². The molecule has 1 saturated heterocycles. The van der Waals surface area contributed by atoms with E-state index < -0.39 is 40.6 Å². The van der Waals surface area contributed by atoms with E-state index in [4.69, 9.17) is 0 Å². The van der Waals surface area contributed by atoms with Gasteiger partial charge in [-0.3, -0.25) is 4.79 Å². The van der Waals surface area contributed by atoms with Crippen molar-refractivity contribution in [2.45, 2.75) is 12.5 Å². The quantitative estimate of drug-likeness (QED) is 0.512. The predicted molar refractivity (Wildman–Crippen MR) is 59.6 cm³/mol. The van der Waals surface area contributed by atoms with Crippen molar-refractivity contribution >= 4 is 5.91 Å². The molecule has 1 unspecified atom stereocenters. The molecule has 3 nitrogen and oxygen atoms in total. The Morgan fingerprint density at radius 3 is 2.00 bits per heavy atom. The molecule has 0 spiro atoms. The van der Waals surface area contributed by atoms with Crippen LogP contribution in [0.5, 0.6) is 0 Å². The zero-order valence-electron chi connectivity index (χ0n) is 10.4. The third kappa shape index (κ3) is 2.24. The van der Waals surface area contributed by atoms with Gasteiger partial charge in [0, 0.05) is 19.6 Å². The minimum absolute atomic E-state index is 0.350. The van der Waals surface area contributed by atoms with Crippen molar-refractivity contribution in [3.8, 4) is 0 Å². The molecule has 1 aliphatic heterocycles. The first-order valence-electron chi connectivity index (χ1n) is 5.85. The van der Waals surface area contributed by atoms with Crippen LogP contribution in [-0.2, 0) is 0 Å². The number of rotatable bonds is 2. The zero-order valence-corrected chi connectivity index (χ0v) is 10.4. The first-order valence-corrected chi connectivity index (χ1v) is 5.85. The lowest BCUT2D eigenvalue weighted by molar-refractivity contribution is 0.0730. The molecule has 0 radical (unpaired) electrons. The summed E-state index contributed by atoms with van der Waals surface area (Å²) in [6, 6.07) is -0.350. The molecule has 1 amide bonds. The van der Waals surface area contributed by atoms with Crippen molar-refractivity contribution in [3.63, 3.8) is 0 Å². The van der Waals surface area contributed by atoms with E-state index in [2.05, 4.69) is 5.32 Å². The summed E-state index contributed by atoms with van der Waals surface area (Å²) in [5, 5.41) is 2.93. The molecule has 1 atom stereocenters. The molecular weight excluding hydrogens is 283 g/mol. The molecule has 1 heterocycles. The molecular formula is C12H11F5N2O. The van der Waals surface area contributed by atoms with Gasteiger partial charge >= 0.3 is 0 Å². The van der Waals surface area contributed by atoms with Crippen LogP contribution in [0.1, 0.15) is 16.8 Å². The fourth-order valence-electron chi connectivity index (χ4n) is 2.10. The number of carbonyl (C=O) groups excluding carboxylic acids is 1. The standard InChI is InChI=1S/C12H11F5N2O/c1-19(5-2-3-18-4-5)12(20)6-7(13)9(15)11(17)10(16)8(6)14/h5,18H,2-4H2,1H3. The number of nitrogens with one attached hydrogen (secondary N) is 1. The van der Waals surface area contributed by atoms with Gasteiger partial charge in [-0.1, -0.05) is 0 Å². The third-order valence-corrected chi connectivity index (χ3v) is 3.33. The van der Waals surface area contributed by atoms with Crippen LogP contribution in [0, 0.1) is 29.1 Å². The normalized spacial score (nSPS) is 18.4. The van der Waals surface area contributed by atoms with Crippen molar-refractivity contribution < 1.29 is 26.7 Å². The van der Waals surface area contributed by atoms with Crippen LogP contribution >= 0.6 is 0 Å². The number of hydrogen-bond donors (Lipinski definition) is 1. The maximum absolute atomic E-state index is 13.5. The molecule has 0 saturated carbocycles. The number of halogens is 5. The molecule has 110 valence electrons. The molecule has 20 heavy (non-hydrogen) atoms. The molecule has 1 fully saturated rings. The van der Waals surface area contributed by atoms with E-state index in [1.165, 1.54) is 7.05 Å². The fraction of sp³-hybridized carbons (Fsp3) is 0.417. The number of nitrogens with zero attached hydrogens (tertiary/aromatic N) is 1. The summed E-state index contributed by atoms with van der Waals surface area (Å²) >= 11 is 0. The van der Waals surface area contributed by atoms with E-state index in [-0.39, 0.29) is 6.04 Å². The highest BCUT2D eigenvalue weighted by molar-refractivity contribution is 5.95. The summed E-state index contributed by atoms with van der Waals surface area (Å²) in [6.07, 6.45) is 0.539. The summed E-state index contributed by atoms with van der Waals surface area (Å²) < 4.78 is 66.1. The Balaban J connectivity index is 2.44. The minimum atomic E-state index is -2.28. The second kappa shape index (κ2) is 5.35. The van der Waals surface area contributed by atoms with E-state index in [1.807, 2.05) is 0 Å². The highest BCUT2D eigenvalue weighted by atomic mass is 19.2. The minimum Gasteiger partial charge on any atom is -0.337 e. The van der Waals surface area contributed by atoms with Crippen LogP contribution in [0.4, 0.5) is 22.0 Å². The van der Waals surface area contributed by atoms with Gasteiger partial charge in [-0.2, -0.15) is 0 Å². The predicted octanol–water partition coefficient (Wildman–Crippen LogP) is 1.82. The smallest absolute Gasteiger partial charge is 0.260 e. The van der Waals surface area contributed by atoms with Gasteiger partial charge in [0.2, 0.25) is 5.82 Å². The summed E-state index contributed by atoms with van der Waals surface area (Å²) in [4.78, 5) is 12.9. The average molecular weight is 294 g/mol. The van der Waals surface area contributed by atoms with Gasteiger partial charge in [-0.05, 0) is 13.0 Å². The lowest BCUT2D eigenvalue weighted by Crippen LogP contribution is -2.39. The third-order valence-electron chi connectivity index (χ3n) is 3.33. The number of likely N-dealkylation sites (N-methyl/N-ethyl adjacent to an activating group) is 1. The molecule has 8 heteroatoms. The van der Waals surface area contributed by atoms with Gasteiger partial charge in [-0.15, -0.1) is 0 Å². The topological polar surface area (TPSA) is 32.3 Å². The Hall–Kier alpha value is -1.70. The molecule has 0 aliphatic carbocycles. The molecule has 0 aromatic heterocycles. The molecule has 2 rings (SSSR count). The van der Waals surface area contributed by atoms with E-state index in [1.54, 1.807) is 0 Å². The zero-order chi connectivity index (χ0) is 15.0. The highest BCUT2D eigenvalue weighted by Crippen LogP contribution is 2.24. The first kappa shape index (κ1) is 14.7. The lowest BCUT2D eigenvalue weighted by atomic mass is 10.1. The van der Waals surface area contributed by atoms with Crippen LogP contribution in [0.2, 0.25) is 0 Å². The largest absolute Gasteiger partial charge is 0.337 e. The van der Waals surface area contributed by atoms with Gasteiger partial charge in [0.25, 0.3) is 5.91 Å². The molecule has 1 aromatic rings. The summed E-state index contributed by atoms with van der Waals surface area (Å²) in [6.45, 7) is 1.01. The summed E-state index contributed by atoms with van der Waals surface area (Å²) in [7, 11) is 1.26. The SMILES string of the molecule is CN(C(=O)c1c(F)c(F)c(F)c(F)c1F)C1CCNC1. The van der Waals surface area contributed by atoms with Crippen molar-refractivity contribution in [2.75, 3.05) is 20.1 Å². The fourth-order valence-corrected chi connectivity index (χ4v) is 2.10. The van der Waals surface area contributed by atoms with E-state index in [0.29, 0.717) is 19.5 Å². The van der Waals surface area contributed by atoms with Gasteiger partial charge in [-0.25, -0.2) is 22.0 Å². The van der Waals surface area contributed by atoms with Crippen molar-refractivity contribution in [1.29, 1.82) is 0 Å². The Bertz CT molecular complexity index is 528. The molecule has 1 aromatic carbocycles. The van der Waals surface area contributed by atoms with Gasteiger partial charge < -0.3 is 10.2 Å². The number of carbonyl (C=O) groups is 1. The van der Waals surface area contributed by atoms with E-state index in [9.17, 15) is 26.7 Å². The average Bonchev–Trinajstić information content (AvgIpc) is 2.96. The Morgan fingerprint density at radius 2 is 1.55 bits per heavy atom. The number of benzene rings is 1. The van der Waals surface area contributed by atoms with Crippen LogP contribution in [0.15, 0.2) is 0 Å². The number of hydrogen-bond acceptors (Lipinski definition) is 2. The van der Waals surface area contributed by atoms with E-state index >= 15 is 0 Å². The van der Waals surface area contributed by atoms with Crippen LogP contribution < -0.4 is 5.32 Å². The Labute approximate surface area is 111 Å². The monoisotopic (exact) mass is 294 g/mol. The maximum atomic E-state index is 13.5. The molecule has 1 aliphatic rings. The first-order chi connectivity index (χ1) is 9.36. The Morgan fingerprint density at radius 1 is 1.05 bits per heavy atom. The summed E-state index contributed by atoms with van der Waals surface area (Å²) in [5.74, 6) is -12.0. The van der Waals surface area contributed by atoms with Gasteiger partial charge in [0.05, 0.1) is 0 Å². The van der Waals surface area contributed by atoms with Crippen LogP contribution in [0.25, 0.3) is 0 Å². The second-order valence-corrected chi connectivity index (χ2v) is 4.51.